The Morgan fingerprint density at radius 3 is 2.56 bits per heavy atom. The molecule has 0 aromatic carbocycles. The van der Waals surface area contributed by atoms with Gasteiger partial charge in [-0.3, -0.25) is 14.9 Å². The van der Waals surface area contributed by atoms with Crippen LogP contribution in [-0.2, 0) is 14.4 Å². The fourth-order valence-corrected chi connectivity index (χ4v) is 1.45. The molecule has 1 aliphatic heterocycles. The summed E-state index contributed by atoms with van der Waals surface area (Å²) in [5, 5.41) is 12.5. The highest BCUT2D eigenvalue weighted by atomic mass is 16.4. The van der Waals surface area contributed by atoms with Crippen molar-refractivity contribution in [3.8, 4) is 0 Å². The Morgan fingerprint density at radius 2 is 2.06 bits per heavy atom. The molecule has 0 aromatic rings. The van der Waals surface area contributed by atoms with Crippen molar-refractivity contribution >= 4 is 23.8 Å². The van der Waals surface area contributed by atoms with Crippen molar-refractivity contribution in [1.29, 1.82) is 0 Å². The van der Waals surface area contributed by atoms with Crippen LogP contribution in [0.1, 0.15) is 6.42 Å². The SMILES string of the molecule is CN1CCC(NC(=O)NC(=O)/C=C/C(=O)O)C1=O. The minimum absolute atomic E-state index is 0.223. The summed E-state index contributed by atoms with van der Waals surface area (Å²) >= 11 is 0. The smallest absolute Gasteiger partial charge is 0.328 e. The fraction of sp³-hybridized carbons (Fsp3) is 0.400. The second kappa shape index (κ2) is 5.80. The molecule has 1 atom stereocenters. The van der Waals surface area contributed by atoms with E-state index in [2.05, 4.69) is 5.32 Å². The molecule has 0 aliphatic carbocycles. The monoisotopic (exact) mass is 255 g/mol. The van der Waals surface area contributed by atoms with Crippen molar-refractivity contribution in [3.63, 3.8) is 0 Å². The molecule has 98 valence electrons. The first-order chi connectivity index (χ1) is 8.40. The van der Waals surface area contributed by atoms with E-state index in [1.165, 1.54) is 4.90 Å². The molecule has 0 saturated carbocycles. The summed E-state index contributed by atoms with van der Waals surface area (Å²) in [4.78, 5) is 45.4. The molecule has 1 fully saturated rings. The lowest BCUT2D eigenvalue weighted by molar-refractivity contribution is -0.131. The molecule has 4 amide bonds. The van der Waals surface area contributed by atoms with Gasteiger partial charge in [0.2, 0.25) is 5.91 Å². The van der Waals surface area contributed by atoms with Gasteiger partial charge in [0, 0.05) is 25.7 Å². The van der Waals surface area contributed by atoms with Crippen molar-refractivity contribution in [3.05, 3.63) is 12.2 Å². The van der Waals surface area contributed by atoms with Gasteiger partial charge < -0.3 is 15.3 Å². The van der Waals surface area contributed by atoms with Gasteiger partial charge in [0.1, 0.15) is 6.04 Å². The number of amides is 4. The third kappa shape index (κ3) is 3.89. The molecule has 0 radical (unpaired) electrons. The third-order valence-corrected chi connectivity index (χ3v) is 2.35. The van der Waals surface area contributed by atoms with Gasteiger partial charge in [-0.2, -0.15) is 0 Å². The van der Waals surface area contributed by atoms with Gasteiger partial charge in [-0.25, -0.2) is 9.59 Å². The van der Waals surface area contributed by atoms with Crippen LogP contribution in [0.2, 0.25) is 0 Å². The van der Waals surface area contributed by atoms with Crippen molar-refractivity contribution in [2.75, 3.05) is 13.6 Å². The molecular weight excluding hydrogens is 242 g/mol. The lowest BCUT2D eigenvalue weighted by atomic mass is 10.2. The Labute approximate surface area is 103 Å². The zero-order valence-electron chi connectivity index (χ0n) is 9.67. The fourth-order valence-electron chi connectivity index (χ4n) is 1.45. The molecule has 8 heteroatoms. The van der Waals surface area contributed by atoms with E-state index in [1.807, 2.05) is 5.32 Å². The van der Waals surface area contributed by atoms with Gasteiger partial charge in [-0.15, -0.1) is 0 Å². The number of likely N-dealkylation sites (tertiary alicyclic amines) is 1. The molecule has 0 bridgehead atoms. The van der Waals surface area contributed by atoms with Crippen LogP contribution in [-0.4, -0.2) is 53.5 Å². The van der Waals surface area contributed by atoms with Gasteiger partial charge in [0.25, 0.3) is 5.91 Å². The summed E-state index contributed by atoms with van der Waals surface area (Å²) in [6.45, 7) is 0.538. The second-order valence-corrected chi connectivity index (χ2v) is 3.74. The lowest BCUT2D eigenvalue weighted by Crippen LogP contribution is -2.47. The number of nitrogens with one attached hydrogen (secondary N) is 2. The van der Waals surface area contributed by atoms with Gasteiger partial charge in [0.15, 0.2) is 0 Å². The topological polar surface area (TPSA) is 116 Å². The molecule has 1 heterocycles. The highest BCUT2D eigenvalue weighted by Gasteiger charge is 2.30. The number of aliphatic carboxylic acids is 1. The van der Waals surface area contributed by atoms with Crippen LogP contribution < -0.4 is 10.6 Å². The zero-order valence-corrected chi connectivity index (χ0v) is 9.67. The largest absolute Gasteiger partial charge is 0.478 e. The van der Waals surface area contributed by atoms with E-state index in [0.29, 0.717) is 25.1 Å². The van der Waals surface area contributed by atoms with Crippen molar-refractivity contribution < 1.29 is 24.3 Å². The molecule has 8 nitrogen and oxygen atoms in total. The Bertz CT molecular complexity index is 418. The number of nitrogens with zero attached hydrogens (tertiary/aromatic N) is 1. The summed E-state index contributed by atoms with van der Waals surface area (Å²) in [5.74, 6) is -2.38. The minimum Gasteiger partial charge on any atom is -0.478 e. The van der Waals surface area contributed by atoms with Crippen LogP contribution >= 0.6 is 0 Å². The van der Waals surface area contributed by atoms with E-state index in [-0.39, 0.29) is 5.91 Å². The first kappa shape index (κ1) is 13.7. The number of hydrogen-bond acceptors (Lipinski definition) is 4. The lowest BCUT2D eigenvalue weighted by Gasteiger charge is -2.11. The number of rotatable bonds is 3. The van der Waals surface area contributed by atoms with Crippen LogP contribution in [0.4, 0.5) is 4.79 Å². The number of carboxylic acid groups (broad SMARTS) is 1. The molecule has 1 rings (SSSR count). The predicted molar refractivity (Wildman–Crippen MR) is 59.5 cm³/mol. The van der Waals surface area contributed by atoms with Crippen LogP contribution in [0, 0.1) is 0 Å². The van der Waals surface area contributed by atoms with E-state index < -0.39 is 23.9 Å². The van der Waals surface area contributed by atoms with Crippen molar-refractivity contribution in [2.45, 2.75) is 12.5 Å². The van der Waals surface area contributed by atoms with Gasteiger partial charge in [0.05, 0.1) is 0 Å². The molecule has 0 aromatic heterocycles. The summed E-state index contributed by atoms with van der Waals surface area (Å²) in [6.07, 6.45) is 1.80. The maximum absolute atomic E-state index is 11.4. The normalized spacial score (nSPS) is 19.1. The van der Waals surface area contributed by atoms with Gasteiger partial charge >= 0.3 is 12.0 Å². The third-order valence-electron chi connectivity index (χ3n) is 2.35. The van der Waals surface area contributed by atoms with Gasteiger partial charge in [-0.05, 0) is 6.42 Å². The van der Waals surface area contributed by atoms with E-state index in [1.54, 1.807) is 7.05 Å². The van der Waals surface area contributed by atoms with Gasteiger partial charge in [-0.1, -0.05) is 0 Å². The molecule has 3 N–H and O–H groups in total. The van der Waals surface area contributed by atoms with E-state index in [0.717, 1.165) is 0 Å². The Kier molecular flexibility index (Phi) is 4.41. The quantitative estimate of drug-likeness (QED) is 0.541. The highest BCUT2D eigenvalue weighted by Crippen LogP contribution is 2.07. The van der Waals surface area contributed by atoms with E-state index in [9.17, 15) is 19.2 Å². The maximum atomic E-state index is 11.4. The average molecular weight is 255 g/mol. The summed E-state index contributed by atoms with van der Waals surface area (Å²) in [6, 6.07) is -1.48. The van der Waals surface area contributed by atoms with Crippen LogP contribution in [0.5, 0.6) is 0 Å². The Hall–Kier alpha value is -2.38. The van der Waals surface area contributed by atoms with E-state index >= 15 is 0 Å². The second-order valence-electron chi connectivity index (χ2n) is 3.74. The Balaban J connectivity index is 2.40. The summed E-state index contributed by atoms with van der Waals surface area (Å²) in [5.41, 5.74) is 0. The molecule has 1 aliphatic rings. The zero-order chi connectivity index (χ0) is 13.7. The maximum Gasteiger partial charge on any atom is 0.328 e. The highest BCUT2D eigenvalue weighted by molar-refractivity contribution is 6.03. The van der Waals surface area contributed by atoms with Crippen molar-refractivity contribution in [2.24, 2.45) is 0 Å². The molecular formula is C10H13N3O5. The summed E-state index contributed by atoms with van der Waals surface area (Å²) < 4.78 is 0. The summed E-state index contributed by atoms with van der Waals surface area (Å²) in [7, 11) is 1.61. The molecule has 1 saturated heterocycles. The number of imide groups is 1. The number of carbonyl (C=O) groups excluding carboxylic acids is 3. The average Bonchev–Trinajstić information content (AvgIpc) is 2.58. The predicted octanol–water partition coefficient (Wildman–Crippen LogP) is -1.32. The van der Waals surface area contributed by atoms with E-state index in [4.69, 9.17) is 5.11 Å². The number of carbonyl (C=O) groups is 4. The first-order valence-corrected chi connectivity index (χ1v) is 5.17. The number of likely N-dealkylation sites (N-methyl/N-ethyl adjacent to an activating group) is 1. The minimum atomic E-state index is -1.29. The molecule has 0 spiro atoms. The van der Waals surface area contributed by atoms with Crippen LogP contribution in [0.15, 0.2) is 12.2 Å². The number of hydrogen-bond donors (Lipinski definition) is 3. The standard InChI is InChI=1S/C10H13N3O5/c1-13-5-4-6(9(13)17)11-10(18)12-7(14)2-3-8(15)16/h2-3,6H,4-5H2,1H3,(H,15,16)(H2,11,12,14,18)/b3-2+. The molecule has 1 unspecified atom stereocenters. The Morgan fingerprint density at radius 1 is 1.39 bits per heavy atom. The molecule has 18 heavy (non-hydrogen) atoms. The van der Waals surface area contributed by atoms with Crippen LogP contribution in [0.25, 0.3) is 0 Å². The van der Waals surface area contributed by atoms with Crippen molar-refractivity contribution in [1.82, 2.24) is 15.5 Å². The first-order valence-electron chi connectivity index (χ1n) is 5.17. The number of carboxylic acids is 1. The van der Waals surface area contributed by atoms with Crippen LogP contribution in [0.3, 0.4) is 0 Å². The number of urea groups is 1.